The van der Waals surface area contributed by atoms with Crippen molar-refractivity contribution >= 4 is 5.91 Å². The van der Waals surface area contributed by atoms with Crippen LogP contribution in [0.2, 0.25) is 0 Å². The zero-order valence-electron chi connectivity index (χ0n) is 12.9. The number of aliphatic hydroxyl groups excluding tert-OH is 1. The molecule has 2 heterocycles. The average Bonchev–Trinajstić information content (AvgIpc) is 3.03. The first-order valence-electron chi connectivity index (χ1n) is 7.10. The summed E-state index contributed by atoms with van der Waals surface area (Å²) in [4.78, 5) is 15.7. The molecule has 2 atom stereocenters. The summed E-state index contributed by atoms with van der Waals surface area (Å²) in [6.07, 6.45) is -2.53. The maximum absolute atomic E-state index is 12.5. The highest BCUT2D eigenvalue weighted by molar-refractivity contribution is 5.92. The van der Waals surface area contributed by atoms with Gasteiger partial charge in [-0.1, -0.05) is 12.1 Å². The number of rotatable bonds is 5. The van der Waals surface area contributed by atoms with E-state index in [1.807, 2.05) is 0 Å². The van der Waals surface area contributed by atoms with E-state index in [-0.39, 0.29) is 30.1 Å². The van der Waals surface area contributed by atoms with Crippen LogP contribution >= 0.6 is 0 Å². The van der Waals surface area contributed by atoms with Gasteiger partial charge in [-0.05, 0) is 25.0 Å². The molecular weight excluding hydrogens is 327 g/mol. The Balaban J connectivity index is 2.11. The van der Waals surface area contributed by atoms with Gasteiger partial charge < -0.3 is 10.4 Å². The molecule has 0 aromatic carbocycles. The van der Waals surface area contributed by atoms with Gasteiger partial charge in [-0.25, -0.2) is 9.67 Å². The van der Waals surface area contributed by atoms with Crippen LogP contribution in [0.4, 0.5) is 13.2 Å². The molecule has 2 aromatic heterocycles. The zero-order valence-corrected chi connectivity index (χ0v) is 12.9. The first kappa shape index (κ1) is 17.9. The summed E-state index contributed by atoms with van der Waals surface area (Å²) in [6, 6.07) is 1.72. The van der Waals surface area contributed by atoms with Crippen LogP contribution in [-0.2, 0) is 6.18 Å². The van der Waals surface area contributed by atoms with E-state index in [1.165, 1.54) is 6.20 Å². The van der Waals surface area contributed by atoms with Crippen molar-refractivity contribution in [3.05, 3.63) is 35.8 Å². The molecule has 0 fully saturated rings. The Morgan fingerprint density at radius 3 is 2.62 bits per heavy atom. The van der Waals surface area contributed by atoms with Crippen LogP contribution in [0.15, 0.2) is 24.5 Å². The van der Waals surface area contributed by atoms with E-state index in [1.54, 1.807) is 13.8 Å². The lowest BCUT2D eigenvalue weighted by atomic mass is 10.1. The Bertz CT molecular complexity index is 699. The Kier molecular flexibility index (Phi) is 5.17. The third-order valence-electron chi connectivity index (χ3n) is 3.54. The quantitative estimate of drug-likeness (QED) is 0.857. The normalized spacial score (nSPS) is 14.2. The topological polar surface area (TPSA) is 92.9 Å². The molecule has 0 aliphatic rings. The predicted molar refractivity (Wildman–Crippen MR) is 77.3 cm³/mol. The molecule has 0 saturated heterocycles. The van der Waals surface area contributed by atoms with E-state index in [0.717, 1.165) is 16.8 Å². The van der Waals surface area contributed by atoms with Crippen LogP contribution in [0, 0.1) is 5.92 Å². The second kappa shape index (κ2) is 6.95. The summed E-state index contributed by atoms with van der Waals surface area (Å²) in [5, 5.41) is 19.1. The van der Waals surface area contributed by atoms with E-state index in [9.17, 15) is 18.0 Å². The smallest absolute Gasteiger partial charge is 0.396 e. The maximum atomic E-state index is 12.5. The van der Waals surface area contributed by atoms with Gasteiger partial charge in [0.05, 0.1) is 11.8 Å². The fraction of sp³-hybridized carbons (Fsp3) is 0.429. The Morgan fingerprint density at radius 2 is 2.08 bits per heavy atom. The molecule has 0 saturated carbocycles. The standard InChI is InChI=1S/C14H16F3N5O2/c1-8(7-23)9(2)19-13(24)11-6-22(21-20-11)12-4-3-10(5-18-12)14(15,16)17/h3-6,8-9,23H,7H2,1-2H3,(H,19,24). The molecule has 0 radical (unpaired) electrons. The minimum Gasteiger partial charge on any atom is -0.396 e. The molecule has 2 aromatic rings. The molecule has 2 unspecified atom stereocenters. The lowest BCUT2D eigenvalue weighted by molar-refractivity contribution is -0.137. The number of halogens is 3. The van der Waals surface area contributed by atoms with Gasteiger partial charge in [0.15, 0.2) is 11.5 Å². The second-order valence-corrected chi connectivity index (χ2v) is 5.37. The van der Waals surface area contributed by atoms with Gasteiger partial charge in [0.2, 0.25) is 0 Å². The zero-order chi connectivity index (χ0) is 17.9. The fourth-order valence-electron chi connectivity index (χ4n) is 1.75. The van der Waals surface area contributed by atoms with Crippen molar-refractivity contribution < 1.29 is 23.1 Å². The molecule has 7 nitrogen and oxygen atoms in total. The monoisotopic (exact) mass is 343 g/mol. The molecule has 24 heavy (non-hydrogen) atoms. The molecule has 130 valence electrons. The predicted octanol–water partition coefficient (Wildman–Crippen LogP) is 1.43. The van der Waals surface area contributed by atoms with Crippen molar-refractivity contribution in [2.45, 2.75) is 26.1 Å². The Morgan fingerprint density at radius 1 is 1.38 bits per heavy atom. The van der Waals surface area contributed by atoms with Gasteiger partial charge in [0.25, 0.3) is 5.91 Å². The number of amides is 1. The van der Waals surface area contributed by atoms with Crippen LogP contribution in [0.25, 0.3) is 5.82 Å². The number of aromatic nitrogens is 4. The van der Waals surface area contributed by atoms with Gasteiger partial charge in [0, 0.05) is 18.8 Å². The van der Waals surface area contributed by atoms with Crippen molar-refractivity contribution in [3.63, 3.8) is 0 Å². The van der Waals surface area contributed by atoms with Crippen LogP contribution in [0.1, 0.15) is 29.9 Å². The molecule has 0 aliphatic carbocycles. The van der Waals surface area contributed by atoms with Gasteiger partial charge in [-0.15, -0.1) is 5.10 Å². The Labute approximate surface area is 135 Å². The van der Waals surface area contributed by atoms with E-state index in [2.05, 4.69) is 20.6 Å². The minimum absolute atomic E-state index is 0.00584. The largest absolute Gasteiger partial charge is 0.417 e. The first-order valence-corrected chi connectivity index (χ1v) is 7.10. The lowest BCUT2D eigenvalue weighted by Crippen LogP contribution is -2.38. The average molecular weight is 343 g/mol. The highest BCUT2D eigenvalue weighted by Gasteiger charge is 2.30. The van der Waals surface area contributed by atoms with Crippen molar-refractivity contribution in [2.24, 2.45) is 5.92 Å². The van der Waals surface area contributed by atoms with E-state index >= 15 is 0 Å². The molecule has 2 rings (SSSR count). The van der Waals surface area contributed by atoms with Gasteiger partial charge in [0.1, 0.15) is 0 Å². The van der Waals surface area contributed by atoms with Crippen LogP contribution < -0.4 is 5.32 Å². The minimum atomic E-state index is -4.47. The third-order valence-corrected chi connectivity index (χ3v) is 3.54. The molecule has 1 amide bonds. The first-order chi connectivity index (χ1) is 11.2. The van der Waals surface area contributed by atoms with Crippen molar-refractivity contribution in [1.82, 2.24) is 25.3 Å². The summed E-state index contributed by atoms with van der Waals surface area (Å²) in [5.74, 6) is -0.534. The van der Waals surface area contributed by atoms with Gasteiger partial charge in [-0.3, -0.25) is 4.79 Å². The number of pyridine rings is 1. The maximum Gasteiger partial charge on any atom is 0.417 e. The number of nitrogens with one attached hydrogen (secondary N) is 1. The van der Waals surface area contributed by atoms with Crippen LogP contribution in [-0.4, -0.2) is 43.6 Å². The van der Waals surface area contributed by atoms with E-state index < -0.39 is 17.6 Å². The number of aliphatic hydroxyl groups is 1. The molecular formula is C14H16F3N5O2. The second-order valence-electron chi connectivity index (χ2n) is 5.37. The lowest BCUT2D eigenvalue weighted by Gasteiger charge is -2.18. The summed E-state index contributed by atoms with van der Waals surface area (Å²) in [6.45, 7) is 3.43. The summed E-state index contributed by atoms with van der Waals surface area (Å²) in [7, 11) is 0. The molecule has 10 heteroatoms. The van der Waals surface area contributed by atoms with Crippen LogP contribution in [0.3, 0.4) is 0 Å². The number of carbonyl (C=O) groups excluding carboxylic acids is 1. The number of hydrogen-bond acceptors (Lipinski definition) is 5. The number of nitrogens with zero attached hydrogens (tertiary/aromatic N) is 4. The summed E-state index contributed by atoms with van der Waals surface area (Å²) in [5.41, 5.74) is -0.884. The number of hydrogen-bond donors (Lipinski definition) is 2. The highest BCUT2D eigenvalue weighted by Crippen LogP contribution is 2.28. The van der Waals surface area contributed by atoms with Crippen molar-refractivity contribution in [3.8, 4) is 5.82 Å². The van der Waals surface area contributed by atoms with Crippen LogP contribution in [0.5, 0.6) is 0 Å². The van der Waals surface area contributed by atoms with Gasteiger partial charge >= 0.3 is 6.18 Å². The van der Waals surface area contributed by atoms with Crippen molar-refractivity contribution in [1.29, 1.82) is 0 Å². The summed E-state index contributed by atoms with van der Waals surface area (Å²) < 4.78 is 38.6. The van der Waals surface area contributed by atoms with Crippen molar-refractivity contribution in [2.75, 3.05) is 6.61 Å². The fourth-order valence-corrected chi connectivity index (χ4v) is 1.75. The number of alkyl halides is 3. The Hall–Kier alpha value is -2.49. The van der Waals surface area contributed by atoms with E-state index in [4.69, 9.17) is 5.11 Å². The van der Waals surface area contributed by atoms with E-state index in [0.29, 0.717) is 6.20 Å². The number of carbonyl (C=O) groups is 1. The molecule has 0 bridgehead atoms. The summed E-state index contributed by atoms with van der Waals surface area (Å²) >= 11 is 0. The third kappa shape index (κ3) is 4.07. The SMILES string of the molecule is CC(CO)C(C)NC(=O)c1cn(-c2ccc(C(F)(F)F)cn2)nn1. The molecule has 0 aliphatic heterocycles. The molecule has 0 spiro atoms. The highest BCUT2D eigenvalue weighted by atomic mass is 19.4. The molecule has 2 N–H and O–H groups in total. The van der Waals surface area contributed by atoms with Gasteiger partial charge in [-0.2, -0.15) is 13.2 Å².